The second-order valence-corrected chi connectivity index (χ2v) is 7.67. The van der Waals surface area contributed by atoms with Crippen LogP contribution in [0.4, 0.5) is 0 Å². The summed E-state index contributed by atoms with van der Waals surface area (Å²) in [6.45, 7) is 4.80. The number of carbonyl (C=O) groups excluding carboxylic acids is 1. The first kappa shape index (κ1) is 27.7. The van der Waals surface area contributed by atoms with Gasteiger partial charge in [0.15, 0.2) is 5.96 Å². The van der Waals surface area contributed by atoms with E-state index in [1.54, 1.807) is 14.2 Å². The Morgan fingerprint density at radius 2 is 1.81 bits per heavy atom. The van der Waals surface area contributed by atoms with Crippen LogP contribution < -0.4 is 20.7 Å². The Labute approximate surface area is 209 Å². The second-order valence-electron chi connectivity index (χ2n) is 7.67. The number of nitrogens with zero attached hydrogens (tertiary/aromatic N) is 2. The molecule has 2 rings (SSSR count). The molecule has 3 N–H and O–H groups in total. The zero-order chi connectivity index (χ0) is 22.6. The molecular formula is C24H36IN5O2. The molecule has 0 aromatic heterocycles. The van der Waals surface area contributed by atoms with Crippen LogP contribution in [0.5, 0.6) is 5.75 Å². The lowest BCUT2D eigenvalue weighted by atomic mass is 10.1. The zero-order valence-electron chi connectivity index (χ0n) is 19.7. The molecule has 7 nitrogen and oxygen atoms in total. The van der Waals surface area contributed by atoms with Crippen LogP contribution in [0.15, 0.2) is 47.5 Å². The highest BCUT2D eigenvalue weighted by Gasteiger charge is 2.07. The van der Waals surface area contributed by atoms with E-state index in [4.69, 9.17) is 4.74 Å². The third kappa shape index (κ3) is 9.44. The summed E-state index contributed by atoms with van der Waals surface area (Å²) in [4.78, 5) is 18.6. The van der Waals surface area contributed by atoms with E-state index in [-0.39, 0.29) is 29.9 Å². The van der Waals surface area contributed by atoms with Gasteiger partial charge in [-0.1, -0.05) is 24.3 Å². The number of likely N-dealkylation sites (N-methyl/N-ethyl adjacent to an activating group) is 1. The molecule has 0 spiro atoms. The molecule has 2 aromatic carbocycles. The molecule has 2 aromatic rings. The largest absolute Gasteiger partial charge is 0.496 e. The number of halogens is 1. The van der Waals surface area contributed by atoms with Gasteiger partial charge in [-0.3, -0.25) is 9.79 Å². The Kier molecular flexibility index (Phi) is 12.7. The van der Waals surface area contributed by atoms with Crippen LogP contribution in [0, 0.1) is 6.92 Å². The van der Waals surface area contributed by atoms with Crippen molar-refractivity contribution in [3.05, 3.63) is 64.7 Å². The van der Waals surface area contributed by atoms with Crippen molar-refractivity contribution in [2.75, 3.05) is 47.9 Å². The van der Waals surface area contributed by atoms with Gasteiger partial charge in [-0.15, -0.1) is 24.0 Å². The van der Waals surface area contributed by atoms with Crippen molar-refractivity contribution in [1.29, 1.82) is 0 Å². The molecule has 0 fully saturated rings. The number of nitrogens with one attached hydrogen (secondary N) is 3. The molecule has 1 amide bonds. The van der Waals surface area contributed by atoms with Crippen LogP contribution in [0.2, 0.25) is 0 Å². The lowest BCUT2D eigenvalue weighted by molar-refractivity contribution is 0.0951. The van der Waals surface area contributed by atoms with Gasteiger partial charge in [0.05, 0.1) is 7.11 Å². The first-order valence-electron chi connectivity index (χ1n) is 10.5. The van der Waals surface area contributed by atoms with Crippen LogP contribution in [-0.4, -0.2) is 64.7 Å². The predicted octanol–water partition coefficient (Wildman–Crippen LogP) is 2.82. The fraction of sp³-hybridized carbons (Fsp3) is 0.417. The number of hydrogen-bond donors (Lipinski definition) is 3. The van der Waals surface area contributed by atoms with Gasteiger partial charge >= 0.3 is 0 Å². The van der Waals surface area contributed by atoms with E-state index in [2.05, 4.69) is 39.1 Å². The smallest absolute Gasteiger partial charge is 0.251 e. The molecule has 0 aliphatic rings. The van der Waals surface area contributed by atoms with Gasteiger partial charge in [-0.05, 0) is 62.3 Å². The van der Waals surface area contributed by atoms with Crippen molar-refractivity contribution < 1.29 is 9.53 Å². The molecule has 176 valence electrons. The summed E-state index contributed by atoms with van der Waals surface area (Å²) in [5.74, 6) is 1.57. The Balaban J connectivity index is 0.00000512. The van der Waals surface area contributed by atoms with Crippen LogP contribution in [0.3, 0.4) is 0 Å². The van der Waals surface area contributed by atoms with Gasteiger partial charge in [-0.2, -0.15) is 0 Å². The van der Waals surface area contributed by atoms with Crippen LogP contribution >= 0.6 is 24.0 Å². The number of hydrogen-bond acceptors (Lipinski definition) is 4. The molecule has 0 saturated heterocycles. The summed E-state index contributed by atoms with van der Waals surface area (Å²) in [5, 5.41) is 9.58. The van der Waals surface area contributed by atoms with E-state index in [9.17, 15) is 4.79 Å². The molecule has 0 aliphatic carbocycles. The number of ether oxygens (including phenoxy) is 1. The SMILES string of the molecule is CN=C(NCCc1ccc(C)c(OC)c1)NCc1cccc(C(=O)NCCN(C)C)c1.I. The van der Waals surface area contributed by atoms with E-state index in [0.717, 1.165) is 42.3 Å². The summed E-state index contributed by atoms with van der Waals surface area (Å²) in [5.41, 5.74) is 4.02. The summed E-state index contributed by atoms with van der Waals surface area (Å²) in [6.07, 6.45) is 0.861. The molecule has 0 atom stereocenters. The maximum Gasteiger partial charge on any atom is 0.251 e. The maximum absolute atomic E-state index is 12.3. The Morgan fingerprint density at radius 3 is 2.50 bits per heavy atom. The van der Waals surface area contributed by atoms with Gasteiger partial charge in [0.25, 0.3) is 5.91 Å². The molecule has 0 aliphatic heterocycles. The Hall–Kier alpha value is -2.33. The molecule has 0 saturated carbocycles. The van der Waals surface area contributed by atoms with Crippen LogP contribution in [0.25, 0.3) is 0 Å². The third-order valence-corrected chi connectivity index (χ3v) is 4.90. The average molecular weight is 553 g/mol. The standard InChI is InChI=1S/C24H35N5O2.HI/c1-18-9-10-19(16-22(18)31-5)11-12-27-24(25-2)28-17-20-7-6-8-21(15-20)23(30)26-13-14-29(3)4;/h6-10,15-16H,11-14,17H2,1-5H3,(H,26,30)(H2,25,27,28);1H. The highest BCUT2D eigenvalue weighted by atomic mass is 127. The van der Waals surface area contributed by atoms with Gasteiger partial charge in [0.2, 0.25) is 0 Å². The first-order valence-corrected chi connectivity index (χ1v) is 10.5. The summed E-state index contributed by atoms with van der Waals surface area (Å²) < 4.78 is 5.39. The fourth-order valence-electron chi connectivity index (χ4n) is 3.07. The summed E-state index contributed by atoms with van der Waals surface area (Å²) >= 11 is 0. The zero-order valence-corrected chi connectivity index (χ0v) is 22.0. The summed E-state index contributed by atoms with van der Waals surface area (Å²) in [7, 11) is 7.41. The van der Waals surface area contributed by atoms with E-state index < -0.39 is 0 Å². The van der Waals surface area contributed by atoms with Gasteiger partial charge in [-0.25, -0.2) is 0 Å². The first-order chi connectivity index (χ1) is 14.9. The Morgan fingerprint density at radius 1 is 1.03 bits per heavy atom. The lowest BCUT2D eigenvalue weighted by Crippen LogP contribution is -2.38. The highest BCUT2D eigenvalue weighted by Crippen LogP contribution is 2.19. The quantitative estimate of drug-likeness (QED) is 0.240. The van der Waals surface area contributed by atoms with Crippen LogP contribution in [0.1, 0.15) is 27.0 Å². The van der Waals surface area contributed by atoms with Crippen molar-refractivity contribution in [1.82, 2.24) is 20.9 Å². The topological polar surface area (TPSA) is 78.0 Å². The molecule has 0 radical (unpaired) electrons. The molecule has 0 heterocycles. The van der Waals surface area contributed by atoms with Crippen molar-refractivity contribution in [2.45, 2.75) is 19.9 Å². The molecule has 0 unspecified atom stereocenters. The van der Waals surface area contributed by atoms with Crippen molar-refractivity contribution >= 4 is 35.8 Å². The van der Waals surface area contributed by atoms with Crippen molar-refractivity contribution in [2.24, 2.45) is 4.99 Å². The van der Waals surface area contributed by atoms with E-state index in [1.807, 2.05) is 50.2 Å². The Bertz CT molecular complexity index is 886. The third-order valence-electron chi connectivity index (χ3n) is 4.90. The molecule has 8 heteroatoms. The van der Waals surface area contributed by atoms with E-state index in [0.29, 0.717) is 18.7 Å². The number of amides is 1. The molecular weight excluding hydrogens is 517 g/mol. The maximum atomic E-state index is 12.3. The van der Waals surface area contributed by atoms with Crippen LogP contribution in [-0.2, 0) is 13.0 Å². The number of rotatable bonds is 10. The minimum absolute atomic E-state index is 0. The fourth-order valence-corrected chi connectivity index (χ4v) is 3.07. The second kappa shape index (κ2) is 14.7. The monoisotopic (exact) mass is 553 g/mol. The highest BCUT2D eigenvalue weighted by molar-refractivity contribution is 14.0. The van der Waals surface area contributed by atoms with Gasteiger partial charge < -0.3 is 25.6 Å². The number of guanidine groups is 1. The number of aliphatic imine (C=N–C) groups is 1. The van der Waals surface area contributed by atoms with Crippen molar-refractivity contribution in [3.63, 3.8) is 0 Å². The van der Waals surface area contributed by atoms with E-state index >= 15 is 0 Å². The van der Waals surface area contributed by atoms with E-state index in [1.165, 1.54) is 5.56 Å². The van der Waals surface area contributed by atoms with Gasteiger partial charge in [0.1, 0.15) is 5.75 Å². The molecule has 32 heavy (non-hydrogen) atoms. The number of benzene rings is 2. The number of aryl methyl sites for hydroxylation is 1. The van der Waals surface area contributed by atoms with Crippen molar-refractivity contribution in [3.8, 4) is 5.75 Å². The lowest BCUT2D eigenvalue weighted by Gasteiger charge is -2.13. The summed E-state index contributed by atoms with van der Waals surface area (Å²) in [6, 6.07) is 13.9. The normalized spacial score (nSPS) is 11.0. The number of carbonyl (C=O) groups is 1. The minimum atomic E-state index is -0.0558. The van der Waals surface area contributed by atoms with Gasteiger partial charge in [0, 0.05) is 38.8 Å². The number of methoxy groups -OCH3 is 1. The molecule has 0 bridgehead atoms. The minimum Gasteiger partial charge on any atom is -0.496 e. The average Bonchev–Trinajstić information content (AvgIpc) is 2.77. The predicted molar refractivity (Wildman–Crippen MR) is 142 cm³/mol.